The Morgan fingerprint density at radius 2 is 2.04 bits per heavy atom. The SMILES string of the molecule is O=C(c1nc(-c2cn[nH]n2)cs1)c1cn(P(=O)(O)O)c2ccccc12. The average molecular weight is 375 g/mol. The van der Waals surface area contributed by atoms with Crippen molar-refractivity contribution in [3.05, 3.63) is 52.6 Å². The molecule has 1 aromatic carbocycles. The van der Waals surface area contributed by atoms with Gasteiger partial charge in [0.25, 0.3) is 0 Å². The highest BCUT2D eigenvalue weighted by Gasteiger charge is 2.25. The molecule has 0 fully saturated rings. The highest BCUT2D eigenvalue weighted by Crippen LogP contribution is 2.42. The lowest BCUT2D eigenvalue weighted by atomic mass is 10.1. The number of thiazole rings is 1. The van der Waals surface area contributed by atoms with Gasteiger partial charge in [0.1, 0.15) is 11.4 Å². The Balaban J connectivity index is 1.82. The molecular weight excluding hydrogens is 365 g/mol. The number of rotatable bonds is 4. The van der Waals surface area contributed by atoms with E-state index in [1.54, 1.807) is 29.6 Å². The van der Waals surface area contributed by atoms with Crippen molar-refractivity contribution in [3.8, 4) is 11.4 Å². The summed E-state index contributed by atoms with van der Waals surface area (Å²) in [5.41, 5.74) is 1.47. The van der Waals surface area contributed by atoms with E-state index >= 15 is 0 Å². The molecule has 0 aliphatic rings. The molecule has 0 atom stereocenters. The number of benzene rings is 1. The predicted molar refractivity (Wildman–Crippen MR) is 90.3 cm³/mol. The molecule has 4 rings (SSSR count). The van der Waals surface area contributed by atoms with Crippen molar-refractivity contribution in [2.24, 2.45) is 0 Å². The van der Waals surface area contributed by atoms with Gasteiger partial charge < -0.3 is 9.79 Å². The minimum absolute atomic E-state index is 0.181. The van der Waals surface area contributed by atoms with Gasteiger partial charge in [0.05, 0.1) is 17.3 Å². The van der Waals surface area contributed by atoms with Crippen molar-refractivity contribution in [1.82, 2.24) is 24.7 Å². The minimum Gasteiger partial charge on any atom is -0.308 e. The number of ketones is 1. The molecule has 0 spiro atoms. The third-order valence-corrected chi connectivity index (χ3v) is 5.33. The van der Waals surface area contributed by atoms with Gasteiger partial charge in [-0.2, -0.15) is 15.4 Å². The molecule has 0 radical (unpaired) electrons. The van der Waals surface area contributed by atoms with E-state index in [4.69, 9.17) is 0 Å². The third kappa shape index (κ3) is 2.71. The first-order chi connectivity index (χ1) is 11.9. The molecule has 0 unspecified atom stereocenters. The van der Waals surface area contributed by atoms with E-state index in [0.29, 0.717) is 16.8 Å². The van der Waals surface area contributed by atoms with Crippen LogP contribution in [-0.4, -0.2) is 40.3 Å². The molecule has 0 saturated heterocycles. The molecule has 9 nitrogen and oxygen atoms in total. The number of carbonyl (C=O) groups excluding carboxylic acids is 1. The van der Waals surface area contributed by atoms with Crippen LogP contribution in [0, 0.1) is 0 Å². The van der Waals surface area contributed by atoms with Crippen LogP contribution in [0.25, 0.3) is 22.3 Å². The zero-order valence-corrected chi connectivity index (χ0v) is 14.1. The highest BCUT2D eigenvalue weighted by atomic mass is 32.1. The molecule has 4 aromatic rings. The number of hydrogen-bond donors (Lipinski definition) is 3. The molecule has 25 heavy (non-hydrogen) atoms. The molecule has 11 heteroatoms. The average Bonchev–Trinajstić information content (AvgIpc) is 3.31. The monoisotopic (exact) mass is 375 g/mol. The number of para-hydroxylation sites is 1. The van der Waals surface area contributed by atoms with Crippen molar-refractivity contribution < 1.29 is 19.1 Å². The Morgan fingerprint density at radius 3 is 2.76 bits per heavy atom. The first kappa shape index (κ1) is 15.9. The van der Waals surface area contributed by atoms with Gasteiger partial charge in [-0.1, -0.05) is 18.2 Å². The Bertz CT molecular complexity index is 1130. The molecule has 0 bridgehead atoms. The van der Waals surface area contributed by atoms with E-state index in [0.717, 1.165) is 15.7 Å². The van der Waals surface area contributed by atoms with Gasteiger partial charge in [-0.05, 0) is 6.07 Å². The maximum absolute atomic E-state index is 12.8. The Labute approximate surface area is 144 Å². The Hall–Kier alpha value is -2.65. The van der Waals surface area contributed by atoms with Crippen molar-refractivity contribution in [2.75, 3.05) is 0 Å². The van der Waals surface area contributed by atoms with Crippen molar-refractivity contribution >= 4 is 35.8 Å². The van der Waals surface area contributed by atoms with Crippen LogP contribution in [-0.2, 0) is 4.57 Å². The number of aromatic amines is 1. The fourth-order valence-electron chi connectivity index (χ4n) is 2.49. The molecule has 3 N–H and O–H groups in total. The summed E-state index contributed by atoms with van der Waals surface area (Å²) in [6, 6.07) is 6.54. The van der Waals surface area contributed by atoms with Crippen LogP contribution in [0.3, 0.4) is 0 Å². The molecule has 3 aromatic heterocycles. The van der Waals surface area contributed by atoms with Gasteiger partial charge in [-0.3, -0.25) is 9.13 Å². The normalized spacial score (nSPS) is 11.9. The van der Waals surface area contributed by atoms with Gasteiger partial charge >= 0.3 is 7.75 Å². The molecule has 0 aliphatic heterocycles. The van der Waals surface area contributed by atoms with Crippen LogP contribution in [0.5, 0.6) is 0 Å². The van der Waals surface area contributed by atoms with Crippen LogP contribution in [0.1, 0.15) is 15.4 Å². The molecule has 0 saturated carbocycles. The summed E-state index contributed by atoms with van der Waals surface area (Å²) in [5.74, 6) is -0.414. The summed E-state index contributed by atoms with van der Waals surface area (Å²) in [5, 5.41) is 12.4. The second-order valence-corrected chi connectivity index (χ2v) is 7.46. The van der Waals surface area contributed by atoms with Gasteiger partial charge in [-0.25, -0.2) is 9.55 Å². The van der Waals surface area contributed by atoms with Gasteiger partial charge in [0.2, 0.25) is 5.78 Å². The molecule has 0 aliphatic carbocycles. The van der Waals surface area contributed by atoms with E-state index in [9.17, 15) is 19.1 Å². The number of H-pyrrole nitrogens is 1. The maximum Gasteiger partial charge on any atom is 0.434 e. The fourth-order valence-corrected chi connectivity index (χ4v) is 3.98. The summed E-state index contributed by atoms with van der Waals surface area (Å²) in [6.07, 6.45) is 2.66. The lowest BCUT2D eigenvalue weighted by molar-refractivity contribution is 0.104. The zero-order chi connectivity index (χ0) is 17.6. The first-order valence-corrected chi connectivity index (χ1v) is 9.42. The number of fused-ring (bicyclic) bond motifs is 1. The number of carbonyl (C=O) groups is 1. The lowest BCUT2D eigenvalue weighted by Gasteiger charge is -2.05. The second-order valence-electron chi connectivity index (χ2n) is 5.14. The van der Waals surface area contributed by atoms with Crippen LogP contribution >= 0.6 is 19.1 Å². The van der Waals surface area contributed by atoms with E-state index < -0.39 is 13.5 Å². The molecule has 3 heterocycles. The smallest absolute Gasteiger partial charge is 0.308 e. The molecule has 0 amide bonds. The molecule has 126 valence electrons. The third-order valence-electron chi connectivity index (χ3n) is 3.59. The lowest BCUT2D eigenvalue weighted by Crippen LogP contribution is -2.00. The van der Waals surface area contributed by atoms with Gasteiger partial charge in [0.15, 0.2) is 5.01 Å². The number of nitrogens with one attached hydrogen (secondary N) is 1. The van der Waals surface area contributed by atoms with Crippen LogP contribution < -0.4 is 0 Å². The summed E-state index contributed by atoms with van der Waals surface area (Å²) >= 11 is 1.13. The van der Waals surface area contributed by atoms with Gasteiger partial charge in [-0.15, -0.1) is 11.3 Å². The van der Waals surface area contributed by atoms with Crippen molar-refractivity contribution in [3.63, 3.8) is 0 Å². The van der Waals surface area contributed by atoms with Crippen molar-refractivity contribution in [2.45, 2.75) is 0 Å². The summed E-state index contributed by atoms with van der Waals surface area (Å²) < 4.78 is 12.5. The van der Waals surface area contributed by atoms with Gasteiger partial charge in [0, 0.05) is 17.0 Å². The largest absolute Gasteiger partial charge is 0.434 e. The Kier molecular flexibility index (Phi) is 3.62. The van der Waals surface area contributed by atoms with E-state index in [2.05, 4.69) is 20.4 Å². The summed E-state index contributed by atoms with van der Waals surface area (Å²) in [6.45, 7) is 0. The summed E-state index contributed by atoms with van der Waals surface area (Å²) in [7, 11) is -4.58. The van der Waals surface area contributed by atoms with E-state index in [-0.39, 0.29) is 16.1 Å². The van der Waals surface area contributed by atoms with E-state index in [1.807, 2.05) is 0 Å². The topological polar surface area (TPSA) is 134 Å². The van der Waals surface area contributed by atoms with Crippen LogP contribution in [0.2, 0.25) is 0 Å². The standard InChI is InChI=1S/C14H10N5O4PS/c20-13(14-16-11(7-25-14)10-5-15-18-17-10)9-6-19(24(21,22)23)12-4-2-1-3-8(9)12/h1-7H,(H,15,17,18)(H2,21,22,23). The summed E-state index contributed by atoms with van der Waals surface area (Å²) in [4.78, 5) is 36.1. The second kappa shape index (κ2) is 5.71. The fraction of sp³-hybridized carbons (Fsp3) is 0. The number of nitrogens with zero attached hydrogens (tertiary/aromatic N) is 4. The number of aromatic nitrogens is 5. The highest BCUT2D eigenvalue weighted by molar-refractivity contribution is 7.50. The quantitative estimate of drug-likeness (QED) is 0.367. The predicted octanol–water partition coefficient (Wildman–Crippen LogP) is 2.05. The minimum atomic E-state index is -4.58. The molecular formula is C14H10N5O4PS. The van der Waals surface area contributed by atoms with Crippen LogP contribution in [0.15, 0.2) is 42.0 Å². The first-order valence-electron chi connectivity index (χ1n) is 6.98. The number of hydrogen-bond acceptors (Lipinski definition) is 6. The van der Waals surface area contributed by atoms with Crippen LogP contribution in [0.4, 0.5) is 0 Å². The van der Waals surface area contributed by atoms with Crippen molar-refractivity contribution in [1.29, 1.82) is 0 Å². The zero-order valence-electron chi connectivity index (χ0n) is 12.4. The van der Waals surface area contributed by atoms with E-state index in [1.165, 1.54) is 12.4 Å². The maximum atomic E-state index is 12.8. The Morgan fingerprint density at radius 1 is 1.24 bits per heavy atom.